The molecule has 2 aromatic carbocycles. The fourth-order valence-electron chi connectivity index (χ4n) is 7.65. The first-order valence-corrected chi connectivity index (χ1v) is 15.0. The van der Waals surface area contributed by atoms with Crippen molar-refractivity contribution in [1.29, 1.82) is 0 Å². The molecular weight excluding hydrogens is 591 g/mol. The van der Waals surface area contributed by atoms with Crippen LogP contribution in [0.25, 0.3) is 32.9 Å². The third kappa shape index (κ3) is 4.30. The highest BCUT2D eigenvalue weighted by molar-refractivity contribution is 6.04. The summed E-state index contributed by atoms with van der Waals surface area (Å²) in [7, 11) is 0. The minimum atomic E-state index is -2.47. The lowest BCUT2D eigenvalue weighted by Gasteiger charge is -2.31. The number of benzene rings is 2. The van der Waals surface area contributed by atoms with Crippen LogP contribution >= 0.6 is 0 Å². The highest BCUT2D eigenvalue weighted by Gasteiger charge is 2.57. The predicted molar refractivity (Wildman–Crippen MR) is 160 cm³/mol. The van der Waals surface area contributed by atoms with Crippen molar-refractivity contribution in [2.45, 2.75) is 56.0 Å². The number of rotatable bonds is 5. The van der Waals surface area contributed by atoms with Gasteiger partial charge in [0.2, 0.25) is 0 Å². The van der Waals surface area contributed by atoms with E-state index in [1.165, 1.54) is 18.3 Å². The average molecular weight is 623 g/mol. The molecule has 1 aliphatic carbocycles. The molecule has 0 unspecified atom stereocenters. The summed E-state index contributed by atoms with van der Waals surface area (Å²) < 4.78 is 99.4. The highest BCUT2D eigenvalue weighted by Crippen LogP contribution is 2.49. The molecule has 4 aromatic rings. The van der Waals surface area contributed by atoms with E-state index in [2.05, 4.69) is 20.9 Å². The average Bonchev–Trinajstić information content (AvgIpc) is 3.32. The van der Waals surface area contributed by atoms with Crippen LogP contribution < -0.4 is 15.4 Å². The van der Waals surface area contributed by atoms with Gasteiger partial charge >= 0.3 is 6.01 Å². The van der Waals surface area contributed by atoms with E-state index in [1.807, 2.05) is 0 Å². The molecule has 4 aliphatic rings. The first-order valence-electron chi connectivity index (χ1n) is 16.0. The molecule has 8 rings (SSSR count). The standard InChI is InChI=1S/C33H29F5N6O/c1-2-19-24-16(10-23(35)25(19)36)9-18(39)11-21(24)28-27(38)29-22(13-40-28)31(44-8-3-5-20-26(37)30(20)44)42-32(41-29)45-15-33-6-4-7-43(33)14-17(34)12-33/h1,9-11,13,17,20,26,30H,3-8,12,14-15,39H2/t17-,20+,26-,30+,33+/m1/s1/i15D2. The Morgan fingerprint density at radius 2 is 1.98 bits per heavy atom. The van der Waals surface area contributed by atoms with Crippen molar-refractivity contribution >= 4 is 33.2 Å². The van der Waals surface area contributed by atoms with Gasteiger partial charge < -0.3 is 15.4 Å². The SMILES string of the molecule is [2H]C([2H])(Oc1nc(N2CCC[C@H]3[C@@H](F)[C@H]32)c2cnc(-c3cc(N)cc4cc(F)c(F)c(C#C)c34)c(F)c2n1)[C@@]12CCCN1C[C@H](F)C2. The Bertz CT molecular complexity index is 2030. The summed E-state index contributed by atoms with van der Waals surface area (Å²) in [5.41, 5.74) is 3.81. The van der Waals surface area contributed by atoms with E-state index < -0.39 is 59.5 Å². The van der Waals surface area contributed by atoms with E-state index in [4.69, 9.17) is 19.6 Å². The summed E-state index contributed by atoms with van der Waals surface area (Å²) in [5.74, 6) is -1.45. The predicted octanol–water partition coefficient (Wildman–Crippen LogP) is 5.72. The number of terminal acetylenes is 1. The molecule has 2 N–H and O–H groups in total. The zero-order valence-corrected chi connectivity index (χ0v) is 24.0. The number of nitrogens with zero attached hydrogens (tertiary/aromatic N) is 5. The quantitative estimate of drug-likeness (QED) is 0.173. The van der Waals surface area contributed by atoms with E-state index >= 15 is 4.39 Å². The summed E-state index contributed by atoms with van der Waals surface area (Å²) in [6.07, 6.45) is 6.76. The van der Waals surface area contributed by atoms with Gasteiger partial charge in [0, 0.05) is 48.3 Å². The van der Waals surface area contributed by atoms with E-state index in [0.29, 0.717) is 38.8 Å². The zero-order chi connectivity index (χ0) is 33.0. The van der Waals surface area contributed by atoms with Crippen molar-refractivity contribution in [1.82, 2.24) is 19.9 Å². The third-order valence-corrected chi connectivity index (χ3v) is 9.73. The van der Waals surface area contributed by atoms with Crippen LogP contribution in [0.15, 0.2) is 24.4 Å². The summed E-state index contributed by atoms with van der Waals surface area (Å²) in [5, 5.41) is 0.249. The van der Waals surface area contributed by atoms with Crippen LogP contribution in [0.3, 0.4) is 0 Å². The summed E-state index contributed by atoms with van der Waals surface area (Å²) in [6.45, 7) is -1.49. The molecule has 0 radical (unpaired) electrons. The molecule has 45 heavy (non-hydrogen) atoms. The third-order valence-electron chi connectivity index (χ3n) is 9.73. The van der Waals surface area contributed by atoms with E-state index in [0.717, 1.165) is 6.07 Å². The van der Waals surface area contributed by atoms with Crippen LogP contribution in [-0.4, -0.2) is 70.0 Å². The Hall–Kier alpha value is -4.24. The van der Waals surface area contributed by atoms with Gasteiger partial charge in [-0.3, -0.25) is 9.88 Å². The van der Waals surface area contributed by atoms with Crippen molar-refractivity contribution in [2.75, 3.05) is 36.8 Å². The van der Waals surface area contributed by atoms with Gasteiger partial charge in [-0.25, -0.2) is 22.0 Å². The molecule has 4 fully saturated rings. The van der Waals surface area contributed by atoms with Gasteiger partial charge in [-0.15, -0.1) is 6.42 Å². The molecule has 1 saturated carbocycles. The Balaban J connectivity index is 1.33. The van der Waals surface area contributed by atoms with Crippen molar-refractivity contribution in [3.05, 3.63) is 47.4 Å². The van der Waals surface area contributed by atoms with E-state index in [-0.39, 0.29) is 63.3 Å². The lowest BCUT2D eigenvalue weighted by molar-refractivity contribution is 0.107. The molecule has 3 aliphatic heterocycles. The molecule has 0 amide bonds. The van der Waals surface area contributed by atoms with Crippen molar-refractivity contribution in [3.63, 3.8) is 0 Å². The number of nitrogens with two attached hydrogens (primary N) is 1. The maximum Gasteiger partial charge on any atom is 0.319 e. The second kappa shape index (κ2) is 10.1. The lowest BCUT2D eigenvalue weighted by atomic mass is 9.95. The van der Waals surface area contributed by atoms with Crippen molar-refractivity contribution in [3.8, 4) is 29.6 Å². The number of piperidine rings is 1. The number of ether oxygens (including phenoxy) is 1. The maximum atomic E-state index is 16.8. The second-order valence-electron chi connectivity index (χ2n) is 12.4. The Morgan fingerprint density at radius 1 is 1.13 bits per heavy atom. The molecule has 5 heterocycles. The van der Waals surface area contributed by atoms with Crippen LogP contribution in [0, 0.1) is 35.7 Å². The number of pyridine rings is 1. The maximum absolute atomic E-state index is 16.8. The smallest absolute Gasteiger partial charge is 0.319 e. The fraction of sp³-hybridized carbons (Fsp3) is 0.424. The van der Waals surface area contributed by atoms with Gasteiger partial charge in [0.1, 0.15) is 35.9 Å². The Labute approximate surface area is 258 Å². The topological polar surface area (TPSA) is 80.4 Å². The fourth-order valence-corrected chi connectivity index (χ4v) is 7.65. The lowest BCUT2D eigenvalue weighted by Crippen LogP contribution is -2.43. The first kappa shape index (κ1) is 26.0. The molecule has 232 valence electrons. The Kier molecular flexibility index (Phi) is 5.86. The number of hydrogen-bond acceptors (Lipinski definition) is 7. The van der Waals surface area contributed by atoms with Crippen LogP contribution in [0.2, 0.25) is 0 Å². The van der Waals surface area contributed by atoms with Crippen LogP contribution in [0.4, 0.5) is 33.5 Å². The number of aromatic nitrogens is 3. The van der Waals surface area contributed by atoms with Gasteiger partial charge in [-0.2, -0.15) is 9.97 Å². The number of alkyl halides is 2. The van der Waals surface area contributed by atoms with Gasteiger partial charge in [-0.05, 0) is 55.8 Å². The van der Waals surface area contributed by atoms with Crippen LogP contribution in [0.5, 0.6) is 6.01 Å². The second-order valence-corrected chi connectivity index (χ2v) is 12.4. The van der Waals surface area contributed by atoms with Gasteiger partial charge in [0.05, 0.1) is 25.3 Å². The summed E-state index contributed by atoms with van der Waals surface area (Å²) in [4.78, 5) is 16.6. The van der Waals surface area contributed by atoms with Gasteiger partial charge in [0.15, 0.2) is 17.5 Å². The largest absolute Gasteiger partial charge is 0.461 e. The molecule has 0 bridgehead atoms. The minimum absolute atomic E-state index is 0.00740. The van der Waals surface area contributed by atoms with Gasteiger partial charge in [0.25, 0.3) is 0 Å². The molecular formula is C33H29F5N6O. The summed E-state index contributed by atoms with van der Waals surface area (Å²) >= 11 is 0. The monoisotopic (exact) mass is 622 g/mol. The molecule has 12 heteroatoms. The number of hydrogen-bond donors (Lipinski definition) is 1. The number of halogens is 5. The molecule has 7 nitrogen and oxygen atoms in total. The normalized spacial score (nSPS) is 28.5. The number of fused-ring (bicyclic) bond motifs is 4. The van der Waals surface area contributed by atoms with Crippen LogP contribution in [-0.2, 0) is 0 Å². The number of anilines is 2. The first-order chi connectivity index (χ1) is 22.4. The molecule has 2 aromatic heterocycles. The molecule has 3 saturated heterocycles. The molecule has 0 spiro atoms. The van der Waals surface area contributed by atoms with E-state index in [9.17, 15) is 17.6 Å². The van der Waals surface area contributed by atoms with Gasteiger partial charge in [-0.1, -0.05) is 5.92 Å². The zero-order valence-electron chi connectivity index (χ0n) is 26.0. The number of nitrogen functional groups attached to an aromatic ring is 1. The van der Waals surface area contributed by atoms with Crippen molar-refractivity contribution in [2.24, 2.45) is 5.92 Å². The minimum Gasteiger partial charge on any atom is -0.461 e. The summed E-state index contributed by atoms with van der Waals surface area (Å²) in [6, 6.07) is 2.61. The highest BCUT2D eigenvalue weighted by atomic mass is 19.2. The van der Waals surface area contributed by atoms with Crippen LogP contribution in [0.1, 0.15) is 40.4 Å². The van der Waals surface area contributed by atoms with E-state index in [1.54, 1.807) is 9.80 Å². The Morgan fingerprint density at radius 3 is 2.80 bits per heavy atom. The molecule has 5 atom stereocenters. The van der Waals surface area contributed by atoms with Crippen molar-refractivity contribution < 1.29 is 29.4 Å².